The minimum absolute atomic E-state index is 0.0154. The standard InChI is InChI=1S/C27H29FN4O4/c1-26(2,3)36-25(35)32-15-27(16-32)10-11-31(14-27)24(34)20-12-17(8-9-21(20)28)13-22-18-6-4-5-7-19(18)23(33)30-29-22/h4-9,12H,10-11,13-16H2,1-3H3,(H,30,33). The zero-order chi connectivity index (χ0) is 25.7. The van der Waals surface area contributed by atoms with Crippen molar-refractivity contribution in [2.45, 2.75) is 39.2 Å². The maximum atomic E-state index is 14.8. The molecule has 1 spiro atoms. The van der Waals surface area contributed by atoms with Gasteiger partial charge < -0.3 is 14.5 Å². The molecule has 8 nitrogen and oxygen atoms in total. The third-order valence-corrected chi connectivity index (χ3v) is 6.84. The largest absolute Gasteiger partial charge is 0.444 e. The van der Waals surface area contributed by atoms with Gasteiger partial charge in [-0.25, -0.2) is 14.3 Å². The molecule has 2 aromatic carbocycles. The SMILES string of the molecule is CC(C)(C)OC(=O)N1CC2(CCN(C(=O)c3cc(Cc4n[nH]c(=O)c5ccccc45)ccc3F)C2)C1. The molecule has 2 aliphatic heterocycles. The predicted molar refractivity (Wildman–Crippen MR) is 132 cm³/mol. The molecule has 3 heterocycles. The number of hydrogen-bond acceptors (Lipinski definition) is 5. The monoisotopic (exact) mass is 492 g/mol. The van der Waals surface area contributed by atoms with Crippen LogP contribution < -0.4 is 5.56 Å². The van der Waals surface area contributed by atoms with E-state index in [0.717, 1.165) is 17.4 Å². The average molecular weight is 493 g/mol. The lowest BCUT2D eigenvalue weighted by atomic mass is 9.79. The number of hydrogen-bond donors (Lipinski definition) is 1. The van der Waals surface area contributed by atoms with Crippen molar-refractivity contribution >= 4 is 22.8 Å². The molecule has 2 aliphatic rings. The van der Waals surface area contributed by atoms with Crippen molar-refractivity contribution in [2.24, 2.45) is 5.41 Å². The zero-order valence-electron chi connectivity index (χ0n) is 20.6. The van der Waals surface area contributed by atoms with E-state index < -0.39 is 11.4 Å². The van der Waals surface area contributed by atoms with E-state index in [1.165, 1.54) is 6.07 Å². The molecule has 5 rings (SSSR count). The molecular formula is C27H29FN4O4. The third kappa shape index (κ3) is 4.57. The van der Waals surface area contributed by atoms with Gasteiger partial charge in [0.05, 0.1) is 16.6 Å². The van der Waals surface area contributed by atoms with Crippen molar-refractivity contribution in [3.63, 3.8) is 0 Å². The lowest BCUT2D eigenvalue weighted by molar-refractivity contribution is -0.0297. The number of likely N-dealkylation sites (tertiary alicyclic amines) is 2. The molecule has 0 atom stereocenters. The fraction of sp³-hybridized carbons (Fsp3) is 0.407. The molecule has 0 aliphatic carbocycles. The summed E-state index contributed by atoms with van der Waals surface area (Å²) in [5.41, 5.74) is 0.385. The molecule has 0 unspecified atom stereocenters. The van der Waals surface area contributed by atoms with Crippen LogP contribution in [0.25, 0.3) is 10.8 Å². The Hall–Kier alpha value is -3.75. The van der Waals surface area contributed by atoms with E-state index in [1.54, 1.807) is 34.1 Å². The second-order valence-corrected chi connectivity index (χ2v) is 10.8. The lowest BCUT2D eigenvalue weighted by Crippen LogP contribution is -2.60. The predicted octanol–water partition coefficient (Wildman–Crippen LogP) is 3.74. The number of benzene rings is 2. The third-order valence-electron chi connectivity index (χ3n) is 6.84. The normalized spacial score (nSPS) is 16.9. The molecule has 1 aromatic heterocycles. The number of rotatable bonds is 3. The second-order valence-electron chi connectivity index (χ2n) is 10.8. The minimum atomic E-state index is -0.576. The van der Waals surface area contributed by atoms with Gasteiger partial charge in [0.1, 0.15) is 11.4 Å². The van der Waals surface area contributed by atoms with Gasteiger partial charge in [0.25, 0.3) is 11.5 Å². The van der Waals surface area contributed by atoms with E-state index in [1.807, 2.05) is 32.9 Å². The van der Waals surface area contributed by atoms with Gasteiger partial charge >= 0.3 is 6.09 Å². The van der Waals surface area contributed by atoms with Crippen molar-refractivity contribution in [3.8, 4) is 0 Å². The number of ether oxygens (including phenoxy) is 1. The van der Waals surface area contributed by atoms with Crippen LogP contribution in [0.3, 0.4) is 0 Å². The van der Waals surface area contributed by atoms with Crippen LogP contribution in [0.1, 0.15) is 48.8 Å². The first-order valence-corrected chi connectivity index (χ1v) is 12.1. The number of nitrogens with zero attached hydrogens (tertiary/aromatic N) is 3. The van der Waals surface area contributed by atoms with Crippen molar-refractivity contribution in [2.75, 3.05) is 26.2 Å². The number of carbonyl (C=O) groups is 2. The van der Waals surface area contributed by atoms with Gasteiger partial charge in [-0.1, -0.05) is 24.3 Å². The van der Waals surface area contributed by atoms with Crippen molar-refractivity contribution in [1.29, 1.82) is 0 Å². The molecule has 36 heavy (non-hydrogen) atoms. The minimum Gasteiger partial charge on any atom is -0.444 e. The molecule has 1 N–H and O–H groups in total. The number of amides is 2. The van der Waals surface area contributed by atoms with E-state index in [9.17, 15) is 18.8 Å². The quantitative estimate of drug-likeness (QED) is 0.601. The van der Waals surface area contributed by atoms with Crippen LogP contribution in [-0.2, 0) is 11.2 Å². The summed E-state index contributed by atoms with van der Waals surface area (Å²) in [6.07, 6.45) is 0.749. The highest BCUT2D eigenvalue weighted by Gasteiger charge is 2.51. The summed E-state index contributed by atoms with van der Waals surface area (Å²) in [6.45, 7) is 7.52. The molecule has 188 valence electrons. The van der Waals surface area contributed by atoms with E-state index in [0.29, 0.717) is 43.7 Å². The zero-order valence-corrected chi connectivity index (χ0v) is 20.6. The molecule has 2 fully saturated rings. The van der Waals surface area contributed by atoms with Crippen LogP contribution in [0, 0.1) is 11.2 Å². The van der Waals surface area contributed by atoms with Crippen LogP contribution in [0.15, 0.2) is 47.3 Å². The van der Waals surface area contributed by atoms with Gasteiger partial charge in [0.15, 0.2) is 0 Å². The summed E-state index contributed by atoms with van der Waals surface area (Å²) < 4.78 is 20.2. The Morgan fingerprint density at radius 3 is 2.50 bits per heavy atom. The number of fused-ring (bicyclic) bond motifs is 1. The number of carbonyl (C=O) groups excluding carboxylic acids is 2. The van der Waals surface area contributed by atoms with Gasteiger partial charge in [-0.05, 0) is 51.0 Å². The highest BCUT2D eigenvalue weighted by molar-refractivity contribution is 5.95. The van der Waals surface area contributed by atoms with Crippen LogP contribution >= 0.6 is 0 Å². The van der Waals surface area contributed by atoms with Crippen molar-refractivity contribution in [3.05, 3.63) is 75.5 Å². The van der Waals surface area contributed by atoms with Crippen LogP contribution in [0.4, 0.5) is 9.18 Å². The summed E-state index contributed by atoms with van der Waals surface area (Å²) in [5.74, 6) is -0.936. The first kappa shape index (κ1) is 24.0. The molecule has 3 aromatic rings. The highest BCUT2D eigenvalue weighted by atomic mass is 19.1. The summed E-state index contributed by atoms with van der Waals surface area (Å²) in [7, 11) is 0. The molecule has 0 saturated carbocycles. The first-order chi connectivity index (χ1) is 17.0. The van der Waals surface area contributed by atoms with Crippen LogP contribution in [0.2, 0.25) is 0 Å². The number of aromatic amines is 1. The maximum absolute atomic E-state index is 14.8. The summed E-state index contributed by atoms with van der Waals surface area (Å²) in [5, 5.41) is 7.95. The Balaban J connectivity index is 1.29. The smallest absolute Gasteiger partial charge is 0.410 e. The van der Waals surface area contributed by atoms with Gasteiger partial charge in [-0.2, -0.15) is 5.10 Å². The molecule has 0 bridgehead atoms. The lowest BCUT2D eigenvalue weighted by Gasteiger charge is -2.47. The summed E-state index contributed by atoms with van der Waals surface area (Å²) in [4.78, 5) is 41.0. The van der Waals surface area contributed by atoms with Crippen LogP contribution in [-0.4, -0.2) is 63.8 Å². The van der Waals surface area contributed by atoms with Gasteiger partial charge in [-0.15, -0.1) is 0 Å². The first-order valence-electron chi connectivity index (χ1n) is 12.1. The number of H-pyrrole nitrogens is 1. The summed E-state index contributed by atoms with van der Waals surface area (Å²) in [6, 6.07) is 11.7. The van der Waals surface area contributed by atoms with Gasteiger partial charge in [0.2, 0.25) is 0 Å². The molecule has 2 saturated heterocycles. The van der Waals surface area contributed by atoms with Crippen molar-refractivity contribution < 1.29 is 18.7 Å². The Labute approximate surface area is 208 Å². The Kier molecular flexibility index (Phi) is 5.81. The van der Waals surface area contributed by atoms with Crippen molar-refractivity contribution in [1.82, 2.24) is 20.0 Å². The number of halogens is 1. The fourth-order valence-corrected chi connectivity index (χ4v) is 5.10. The second kappa shape index (κ2) is 8.72. The Morgan fingerprint density at radius 1 is 1.08 bits per heavy atom. The molecule has 2 amide bonds. The van der Waals surface area contributed by atoms with E-state index in [2.05, 4.69) is 10.2 Å². The maximum Gasteiger partial charge on any atom is 0.410 e. The Morgan fingerprint density at radius 2 is 1.78 bits per heavy atom. The number of nitrogens with one attached hydrogen (secondary N) is 1. The molecular weight excluding hydrogens is 463 g/mol. The fourth-order valence-electron chi connectivity index (χ4n) is 5.10. The highest BCUT2D eigenvalue weighted by Crippen LogP contribution is 2.40. The number of aromatic nitrogens is 2. The molecule has 9 heteroatoms. The Bertz CT molecular complexity index is 1400. The topological polar surface area (TPSA) is 95.6 Å². The average Bonchev–Trinajstić information content (AvgIpc) is 3.26. The van der Waals surface area contributed by atoms with E-state index >= 15 is 0 Å². The molecule has 0 radical (unpaired) electrons. The summed E-state index contributed by atoms with van der Waals surface area (Å²) >= 11 is 0. The van der Waals surface area contributed by atoms with Gasteiger partial charge in [0, 0.05) is 43.4 Å². The van der Waals surface area contributed by atoms with E-state index in [4.69, 9.17) is 4.74 Å². The van der Waals surface area contributed by atoms with E-state index in [-0.39, 0.29) is 28.5 Å². The van der Waals surface area contributed by atoms with Crippen LogP contribution in [0.5, 0.6) is 0 Å². The van der Waals surface area contributed by atoms with Gasteiger partial charge in [-0.3, -0.25) is 9.59 Å².